The molecule has 0 aromatic heterocycles. The average molecular weight is 460 g/mol. The number of methoxy groups -OCH3 is 1. The molecule has 0 saturated carbocycles. The first-order valence-corrected chi connectivity index (χ1v) is 11.6. The summed E-state index contributed by atoms with van der Waals surface area (Å²) >= 11 is 0.211. The van der Waals surface area contributed by atoms with Crippen LogP contribution in [0.3, 0.4) is 0 Å². The molecule has 0 saturated heterocycles. The fourth-order valence-corrected chi connectivity index (χ4v) is 8.69. The summed E-state index contributed by atoms with van der Waals surface area (Å²) in [6.45, 7) is 0. The minimum atomic E-state index is 0.0400. The van der Waals surface area contributed by atoms with Crippen molar-refractivity contribution in [1.29, 1.82) is 0 Å². The summed E-state index contributed by atoms with van der Waals surface area (Å²) in [6.07, 6.45) is 0. The van der Waals surface area contributed by atoms with E-state index in [-0.39, 0.29) is 39.4 Å². The van der Waals surface area contributed by atoms with Gasteiger partial charge in [0.25, 0.3) is 0 Å². The Labute approximate surface area is 160 Å². The van der Waals surface area contributed by atoms with Crippen molar-refractivity contribution in [2.45, 2.75) is 3.71 Å². The number of ether oxygens (including phenoxy) is 1. The van der Waals surface area contributed by atoms with Crippen LogP contribution in [0.2, 0.25) is 3.71 Å². The number of carbonyl (C=O) groups excluding carboxylic acids is 1. The topological polar surface area (TPSA) is 26.3 Å². The molecule has 3 aromatic carbocycles. The monoisotopic (exact) mass is 462 g/mol. The fourth-order valence-electron chi connectivity index (χ4n) is 2.27. The van der Waals surface area contributed by atoms with Gasteiger partial charge >= 0.3 is 161 Å². The van der Waals surface area contributed by atoms with Crippen molar-refractivity contribution in [3.8, 4) is 5.75 Å². The second-order valence-corrected chi connectivity index (χ2v) is 11.7. The second kappa shape index (κ2) is 9.03. The standard InChI is InChI=1S/C21H18O2Se2/c1-23-17-14-12-16(13-15-17)20(22)21(24-18-8-4-2-5-9-18)25-19-10-6-3-7-11-19/h2-15,21H,1H3. The van der Waals surface area contributed by atoms with Gasteiger partial charge in [0.1, 0.15) is 0 Å². The van der Waals surface area contributed by atoms with Crippen molar-refractivity contribution < 1.29 is 9.53 Å². The third-order valence-electron chi connectivity index (χ3n) is 3.56. The maximum atomic E-state index is 13.1. The van der Waals surface area contributed by atoms with Crippen molar-refractivity contribution in [3.63, 3.8) is 0 Å². The first-order chi connectivity index (χ1) is 12.3. The van der Waals surface area contributed by atoms with Crippen molar-refractivity contribution in [3.05, 3.63) is 90.5 Å². The molecule has 25 heavy (non-hydrogen) atoms. The van der Waals surface area contributed by atoms with Gasteiger partial charge < -0.3 is 0 Å². The quantitative estimate of drug-likeness (QED) is 0.401. The molecule has 0 bridgehead atoms. The van der Waals surface area contributed by atoms with Crippen LogP contribution in [0.15, 0.2) is 84.9 Å². The zero-order valence-electron chi connectivity index (χ0n) is 13.8. The number of hydrogen-bond acceptors (Lipinski definition) is 2. The summed E-state index contributed by atoms with van der Waals surface area (Å²) in [5, 5.41) is 0. The molecule has 0 amide bonds. The van der Waals surface area contributed by atoms with Gasteiger partial charge in [-0.25, -0.2) is 0 Å². The molecule has 3 aromatic rings. The number of hydrogen-bond donors (Lipinski definition) is 0. The first kappa shape index (κ1) is 18.0. The molecular formula is C21H18O2Se2. The van der Waals surface area contributed by atoms with E-state index < -0.39 is 0 Å². The molecule has 0 fully saturated rings. The number of rotatable bonds is 7. The van der Waals surface area contributed by atoms with Gasteiger partial charge in [-0.1, -0.05) is 0 Å². The molecule has 0 radical (unpaired) electrons. The van der Waals surface area contributed by atoms with Gasteiger partial charge in [-0.15, -0.1) is 0 Å². The Bertz CT molecular complexity index is 761. The van der Waals surface area contributed by atoms with Crippen LogP contribution in [0.4, 0.5) is 0 Å². The number of benzene rings is 3. The molecule has 4 heteroatoms. The summed E-state index contributed by atoms with van der Waals surface area (Å²) in [4.78, 5) is 13.1. The molecule has 0 aliphatic heterocycles. The predicted molar refractivity (Wildman–Crippen MR) is 105 cm³/mol. The van der Waals surface area contributed by atoms with Gasteiger partial charge in [0.2, 0.25) is 0 Å². The molecule has 0 heterocycles. The molecule has 3 rings (SSSR count). The molecule has 126 valence electrons. The van der Waals surface area contributed by atoms with Crippen LogP contribution in [0, 0.1) is 0 Å². The van der Waals surface area contributed by atoms with E-state index >= 15 is 0 Å². The molecule has 0 aliphatic carbocycles. The summed E-state index contributed by atoms with van der Waals surface area (Å²) < 4.78 is 7.76. The normalized spacial score (nSPS) is 10.6. The zero-order valence-corrected chi connectivity index (χ0v) is 17.2. The van der Waals surface area contributed by atoms with E-state index in [0.29, 0.717) is 0 Å². The van der Waals surface area contributed by atoms with Crippen molar-refractivity contribution in [2.24, 2.45) is 0 Å². The van der Waals surface area contributed by atoms with E-state index in [2.05, 4.69) is 24.3 Å². The Kier molecular flexibility index (Phi) is 6.49. The van der Waals surface area contributed by atoms with Crippen molar-refractivity contribution >= 4 is 44.6 Å². The van der Waals surface area contributed by atoms with Crippen molar-refractivity contribution in [1.82, 2.24) is 0 Å². The molecule has 0 atom stereocenters. The molecule has 0 unspecified atom stereocenters. The van der Waals surface area contributed by atoms with Gasteiger partial charge in [0.15, 0.2) is 0 Å². The van der Waals surface area contributed by atoms with Gasteiger partial charge in [0, 0.05) is 0 Å². The SMILES string of the molecule is COc1ccc(C(=O)C([Se]c2ccccc2)[Se]c2ccccc2)cc1. The Morgan fingerprint density at radius 3 is 1.68 bits per heavy atom. The van der Waals surface area contributed by atoms with Crippen LogP contribution in [0.25, 0.3) is 0 Å². The number of Topliss-reactive ketones (excluding diaryl/α,β-unsaturated/α-hetero) is 1. The maximum absolute atomic E-state index is 13.1. The van der Waals surface area contributed by atoms with E-state index in [9.17, 15) is 4.79 Å². The van der Waals surface area contributed by atoms with E-state index in [1.54, 1.807) is 7.11 Å². The van der Waals surface area contributed by atoms with E-state index in [0.717, 1.165) is 11.3 Å². The molecule has 0 aliphatic rings. The van der Waals surface area contributed by atoms with Crippen LogP contribution in [-0.4, -0.2) is 42.8 Å². The van der Waals surface area contributed by atoms with Crippen LogP contribution < -0.4 is 13.7 Å². The van der Waals surface area contributed by atoms with E-state index in [1.165, 1.54) is 8.92 Å². The van der Waals surface area contributed by atoms with Crippen LogP contribution in [0.1, 0.15) is 10.4 Å². The van der Waals surface area contributed by atoms with Gasteiger partial charge in [0.05, 0.1) is 0 Å². The molecule has 0 spiro atoms. The first-order valence-electron chi connectivity index (χ1n) is 7.88. The molecule has 0 N–H and O–H groups in total. The Balaban J connectivity index is 1.84. The number of ketones is 1. The summed E-state index contributed by atoms with van der Waals surface area (Å²) in [5.74, 6) is 1.01. The van der Waals surface area contributed by atoms with Gasteiger partial charge in [-0.3, -0.25) is 0 Å². The van der Waals surface area contributed by atoms with Gasteiger partial charge in [-0.05, 0) is 0 Å². The Morgan fingerprint density at radius 1 is 0.760 bits per heavy atom. The third kappa shape index (κ3) is 5.07. The summed E-state index contributed by atoms with van der Waals surface area (Å²) in [6, 6.07) is 28.1. The zero-order chi connectivity index (χ0) is 17.5. The minimum absolute atomic E-state index is 0.0400. The molecular weight excluding hydrogens is 442 g/mol. The van der Waals surface area contributed by atoms with Gasteiger partial charge in [-0.2, -0.15) is 0 Å². The van der Waals surface area contributed by atoms with E-state index in [1.807, 2.05) is 60.7 Å². The Hall–Kier alpha value is -1.83. The molecule has 2 nitrogen and oxygen atoms in total. The predicted octanol–water partition coefficient (Wildman–Crippen LogP) is 2.68. The average Bonchev–Trinajstić information content (AvgIpc) is 2.68. The summed E-state index contributed by atoms with van der Waals surface area (Å²) in [5.41, 5.74) is 0.765. The summed E-state index contributed by atoms with van der Waals surface area (Å²) in [7, 11) is 1.64. The second-order valence-electron chi connectivity index (χ2n) is 5.29. The van der Waals surface area contributed by atoms with Crippen LogP contribution in [0.5, 0.6) is 5.75 Å². The van der Waals surface area contributed by atoms with E-state index in [4.69, 9.17) is 4.74 Å². The Morgan fingerprint density at radius 2 is 1.24 bits per heavy atom. The fraction of sp³-hybridized carbons (Fsp3) is 0.0952. The third-order valence-corrected chi connectivity index (χ3v) is 9.74. The van der Waals surface area contributed by atoms with Crippen LogP contribution >= 0.6 is 0 Å². The van der Waals surface area contributed by atoms with Crippen LogP contribution in [-0.2, 0) is 0 Å². The van der Waals surface area contributed by atoms with Crippen molar-refractivity contribution in [2.75, 3.05) is 7.11 Å². The number of carbonyl (C=O) groups is 1.